The molecular weight excluding hydrogens is 384 g/mol. The Morgan fingerprint density at radius 2 is 1.69 bits per heavy atom. The van der Waals surface area contributed by atoms with Crippen molar-refractivity contribution in [1.29, 1.82) is 0 Å². The summed E-state index contributed by atoms with van der Waals surface area (Å²) in [6.07, 6.45) is 1.09. The van der Waals surface area contributed by atoms with Crippen LogP contribution in [0, 0.1) is 12.8 Å². The molecule has 0 atom stereocenters. The highest BCUT2D eigenvalue weighted by Crippen LogP contribution is 2.27. The fourth-order valence-corrected chi connectivity index (χ4v) is 5.29. The van der Waals surface area contributed by atoms with E-state index in [1.165, 1.54) is 4.31 Å². The minimum absolute atomic E-state index is 0.00586. The van der Waals surface area contributed by atoms with Crippen LogP contribution in [-0.2, 0) is 20.6 Å². The lowest BCUT2D eigenvalue weighted by atomic mass is 9.96. The molecule has 1 saturated heterocycles. The zero-order chi connectivity index (χ0) is 21.0. The highest BCUT2D eigenvalue weighted by Gasteiger charge is 2.31. The van der Waals surface area contributed by atoms with Gasteiger partial charge < -0.3 is 5.32 Å². The average molecular weight is 415 g/mol. The number of aryl methyl sites for hydroxylation is 1. The summed E-state index contributed by atoms with van der Waals surface area (Å²) in [5, 5.41) is 3.05. The summed E-state index contributed by atoms with van der Waals surface area (Å²) in [5.41, 5.74) is 3.86. The van der Waals surface area contributed by atoms with Gasteiger partial charge in [0.1, 0.15) is 0 Å². The normalized spacial score (nSPS) is 16.1. The van der Waals surface area contributed by atoms with Crippen molar-refractivity contribution in [3.63, 3.8) is 0 Å². The Morgan fingerprint density at radius 3 is 2.31 bits per heavy atom. The molecule has 0 spiro atoms. The van der Waals surface area contributed by atoms with Gasteiger partial charge in [-0.25, -0.2) is 12.7 Å². The minimum atomic E-state index is -3.37. The van der Waals surface area contributed by atoms with Crippen LogP contribution in [0.25, 0.3) is 0 Å². The number of amides is 1. The van der Waals surface area contributed by atoms with Crippen LogP contribution in [0.5, 0.6) is 0 Å². The van der Waals surface area contributed by atoms with Crippen molar-refractivity contribution in [3.05, 3.63) is 65.2 Å². The van der Waals surface area contributed by atoms with E-state index >= 15 is 0 Å². The van der Waals surface area contributed by atoms with Crippen LogP contribution in [0.1, 0.15) is 49.3 Å². The molecule has 0 bridgehead atoms. The third kappa shape index (κ3) is 5.46. The van der Waals surface area contributed by atoms with E-state index in [0.717, 1.165) is 22.4 Å². The number of rotatable bonds is 6. The van der Waals surface area contributed by atoms with Crippen molar-refractivity contribution >= 4 is 21.6 Å². The third-order valence-corrected chi connectivity index (χ3v) is 7.38. The number of nitrogens with zero attached hydrogens (tertiary/aromatic N) is 1. The van der Waals surface area contributed by atoms with Gasteiger partial charge in [-0.15, -0.1) is 0 Å². The lowest BCUT2D eigenvalue weighted by Crippen LogP contribution is -2.41. The summed E-state index contributed by atoms with van der Waals surface area (Å²) in [6, 6.07) is 15.4. The van der Waals surface area contributed by atoms with Gasteiger partial charge in [-0.2, -0.15) is 0 Å². The highest BCUT2D eigenvalue weighted by molar-refractivity contribution is 7.88. The first-order chi connectivity index (χ1) is 13.8. The standard InChI is InChI=1S/C23H30N2O3S/c1-17(2)21-6-4-5-7-22(21)24-23(26)20-12-14-25(15-13-20)29(27,28)16-19-10-8-18(3)9-11-19/h4-11,17,20H,12-16H2,1-3H3,(H,24,26). The molecule has 1 heterocycles. The number of hydrogen-bond donors (Lipinski definition) is 1. The average Bonchev–Trinajstić information content (AvgIpc) is 2.70. The molecule has 0 radical (unpaired) electrons. The Bertz CT molecular complexity index is 944. The summed E-state index contributed by atoms with van der Waals surface area (Å²) < 4.78 is 27.0. The number of hydrogen-bond acceptors (Lipinski definition) is 3. The van der Waals surface area contributed by atoms with E-state index in [1.54, 1.807) is 0 Å². The predicted molar refractivity (Wildman–Crippen MR) is 117 cm³/mol. The molecule has 1 aliphatic rings. The van der Waals surface area contributed by atoms with Crippen molar-refractivity contribution < 1.29 is 13.2 Å². The molecule has 156 valence electrons. The molecule has 0 aliphatic carbocycles. The Balaban J connectivity index is 1.58. The topological polar surface area (TPSA) is 66.5 Å². The minimum Gasteiger partial charge on any atom is -0.326 e. The van der Waals surface area contributed by atoms with Gasteiger partial charge in [0, 0.05) is 24.7 Å². The van der Waals surface area contributed by atoms with E-state index in [4.69, 9.17) is 0 Å². The van der Waals surface area contributed by atoms with Crippen LogP contribution >= 0.6 is 0 Å². The third-order valence-electron chi connectivity index (χ3n) is 5.53. The molecule has 1 aliphatic heterocycles. The Kier molecular flexibility index (Phi) is 6.75. The van der Waals surface area contributed by atoms with Gasteiger partial charge in [0.2, 0.25) is 15.9 Å². The molecule has 6 heteroatoms. The van der Waals surface area contributed by atoms with Crippen LogP contribution in [0.15, 0.2) is 48.5 Å². The molecule has 1 N–H and O–H groups in total. The largest absolute Gasteiger partial charge is 0.326 e. The SMILES string of the molecule is Cc1ccc(CS(=O)(=O)N2CCC(C(=O)Nc3ccccc3C(C)C)CC2)cc1. The van der Waals surface area contributed by atoms with E-state index in [0.29, 0.717) is 31.8 Å². The van der Waals surface area contributed by atoms with Crippen LogP contribution in [-0.4, -0.2) is 31.7 Å². The summed E-state index contributed by atoms with van der Waals surface area (Å²) >= 11 is 0. The number of para-hydroxylation sites is 1. The second kappa shape index (κ2) is 9.09. The van der Waals surface area contributed by atoms with Crippen LogP contribution in [0.3, 0.4) is 0 Å². The van der Waals surface area contributed by atoms with Crippen LogP contribution in [0.2, 0.25) is 0 Å². The first-order valence-corrected chi connectivity index (χ1v) is 11.8. The molecule has 2 aromatic carbocycles. The van der Waals surface area contributed by atoms with Crippen LogP contribution in [0.4, 0.5) is 5.69 Å². The maximum absolute atomic E-state index is 12.8. The maximum Gasteiger partial charge on any atom is 0.227 e. The van der Waals surface area contributed by atoms with E-state index in [9.17, 15) is 13.2 Å². The van der Waals surface area contributed by atoms with E-state index < -0.39 is 10.0 Å². The number of sulfonamides is 1. The van der Waals surface area contributed by atoms with E-state index in [2.05, 4.69) is 19.2 Å². The number of nitrogens with one attached hydrogen (secondary N) is 1. The first-order valence-electron chi connectivity index (χ1n) is 10.2. The highest BCUT2D eigenvalue weighted by atomic mass is 32.2. The number of benzene rings is 2. The van der Waals surface area contributed by atoms with Crippen LogP contribution < -0.4 is 5.32 Å². The molecule has 0 saturated carbocycles. The number of carbonyl (C=O) groups excluding carboxylic acids is 1. The van der Waals surface area contributed by atoms with Crippen molar-refractivity contribution in [3.8, 4) is 0 Å². The zero-order valence-electron chi connectivity index (χ0n) is 17.4. The predicted octanol–water partition coefficient (Wildman–Crippen LogP) is 4.30. The molecule has 1 fully saturated rings. The Morgan fingerprint density at radius 1 is 1.07 bits per heavy atom. The molecule has 0 unspecified atom stereocenters. The summed E-state index contributed by atoms with van der Waals surface area (Å²) in [4.78, 5) is 12.7. The van der Waals surface area contributed by atoms with E-state index in [-0.39, 0.29) is 17.6 Å². The molecular formula is C23H30N2O3S. The summed E-state index contributed by atoms with van der Waals surface area (Å²) in [6.45, 7) is 6.95. The molecule has 2 aromatic rings. The van der Waals surface area contributed by atoms with Crippen molar-refractivity contribution in [2.75, 3.05) is 18.4 Å². The Labute approximate surface area is 174 Å². The fraction of sp³-hybridized carbons (Fsp3) is 0.435. The smallest absolute Gasteiger partial charge is 0.227 e. The second-order valence-electron chi connectivity index (χ2n) is 8.15. The van der Waals surface area contributed by atoms with Gasteiger partial charge in [0.05, 0.1) is 5.75 Å². The second-order valence-corrected chi connectivity index (χ2v) is 10.1. The number of carbonyl (C=O) groups is 1. The number of piperidine rings is 1. The molecule has 5 nitrogen and oxygen atoms in total. The summed E-state index contributed by atoms with van der Waals surface area (Å²) in [5.74, 6) is 0.140. The molecule has 1 amide bonds. The fourth-order valence-electron chi connectivity index (χ4n) is 3.73. The Hall–Kier alpha value is -2.18. The van der Waals surface area contributed by atoms with E-state index in [1.807, 2.05) is 55.5 Å². The summed E-state index contributed by atoms with van der Waals surface area (Å²) in [7, 11) is -3.37. The van der Waals surface area contributed by atoms with Gasteiger partial charge >= 0.3 is 0 Å². The molecule has 29 heavy (non-hydrogen) atoms. The quantitative estimate of drug-likeness (QED) is 0.766. The number of anilines is 1. The maximum atomic E-state index is 12.8. The zero-order valence-corrected chi connectivity index (χ0v) is 18.2. The van der Waals surface area contributed by atoms with Gasteiger partial charge in [-0.3, -0.25) is 4.79 Å². The lowest BCUT2D eigenvalue weighted by Gasteiger charge is -2.30. The lowest BCUT2D eigenvalue weighted by molar-refractivity contribution is -0.120. The van der Waals surface area contributed by atoms with Gasteiger partial charge in [0.15, 0.2) is 0 Å². The van der Waals surface area contributed by atoms with Crippen molar-refractivity contribution in [1.82, 2.24) is 4.31 Å². The first kappa shape index (κ1) is 21.5. The van der Waals surface area contributed by atoms with Crippen molar-refractivity contribution in [2.45, 2.75) is 45.3 Å². The molecule has 0 aromatic heterocycles. The van der Waals surface area contributed by atoms with Gasteiger partial charge in [-0.1, -0.05) is 61.9 Å². The van der Waals surface area contributed by atoms with Crippen molar-refractivity contribution in [2.24, 2.45) is 5.92 Å². The molecule has 3 rings (SSSR count). The monoisotopic (exact) mass is 414 g/mol. The van der Waals surface area contributed by atoms with Gasteiger partial charge in [0.25, 0.3) is 0 Å². The van der Waals surface area contributed by atoms with Gasteiger partial charge in [-0.05, 0) is 42.9 Å².